The molecule has 0 aromatic heterocycles. The number of allylic oxidation sites excluding steroid dienone is 2. The van der Waals surface area contributed by atoms with Crippen LogP contribution in [0.3, 0.4) is 0 Å². The van der Waals surface area contributed by atoms with E-state index in [1.54, 1.807) is 35.5 Å². The summed E-state index contributed by atoms with van der Waals surface area (Å²) in [7, 11) is 8.58. The maximum absolute atomic E-state index is 5.93. The van der Waals surface area contributed by atoms with E-state index in [4.69, 9.17) is 23.7 Å². The molecule has 0 spiro atoms. The average molecular weight is 757 g/mol. The molecular weight excluding hydrogens is 697 g/mol. The van der Waals surface area contributed by atoms with Gasteiger partial charge in [-0.2, -0.15) is 0 Å². The zero-order valence-corrected chi connectivity index (χ0v) is 34.5. The summed E-state index contributed by atoms with van der Waals surface area (Å²) in [6.45, 7) is 9.69. The molecule has 7 heteroatoms. The Kier molecular flexibility index (Phi) is 13.7. The van der Waals surface area contributed by atoms with Crippen LogP contribution in [-0.4, -0.2) is 48.1 Å². The van der Waals surface area contributed by atoms with Gasteiger partial charge in [0, 0.05) is 36.5 Å². The van der Waals surface area contributed by atoms with E-state index in [1.165, 1.54) is 53.5 Å². The van der Waals surface area contributed by atoms with Gasteiger partial charge in [-0.1, -0.05) is 68.5 Å². The molecule has 0 atom stereocenters. The van der Waals surface area contributed by atoms with Gasteiger partial charge in [0.1, 0.15) is 5.75 Å². The van der Waals surface area contributed by atoms with Crippen molar-refractivity contribution in [2.45, 2.75) is 77.3 Å². The summed E-state index contributed by atoms with van der Waals surface area (Å²) in [6.07, 6.45) is 14.5. The molecule has 0 amide bonds. The Labute approximate surface area is 335 Å². The third kappa shape index (κ3) is 9.04. The Balaban J connectivity index is 0.00000262. The molecule has 0 unspecified atom stereocenters. The zero-order valence-electron chi connectivity index (χ0n) is 34.5. The number of hydrogen-bond acceptors (Lipinski definition) is 7. The van der Waals surface area contributed by atoms with Gasteiger partial charge in [-0.25, -0.2) is 0 Å². The van der Waals surface area contributed by atoms with Crippen molar-refractivity contribution in [3.05, 3.63) is 119 Å². The minimum atomic E-state index is 0.399. The Morgan fingerprint density at radius 1 is 0.696 bits per heavy atom. The predicted octanol–water partition coefficient (Wildman–Crippen LogP) is 11.5. The summed E-state index contributed by atoms with van der Waals surface area (Å²) in [4.78, 5) is 2.58. The van der Waals surface area contributed by atoms with Crippen molar-refractivity contribution in [1.29, 1.82) is 0 Å². The van der Waals surface area contributed by atoms with Gasteiger partial charge in [0.2, 0.25) is 0 Å². The molecule has 4 aromatic rings. The van der Waals surface area contributed by atoms with E-state index >= 15 is 0 Å². The molecule has 4 aromatic carbocycles. The molecular formula is C49H60N2O5. The van der Waals surface area contributed by atoms with Gasteiger partial charge in [-0.3, -0.25) is 0 Å². The van der Waals surface area contributed by atoms with Crippen LogP contribution in [-0.2, 0) is 6.54 Å². The Morgan fingerprint density at radius 2 is 1.39 bits per heavy atom. The highest BCUT2D eigenvalue weighted by atomic mass is 16.5. The Morgan fingerprint density at radius 3 is 2.07 bits per heavy atom. The Bertz CT molecular complexity index is 2020. The summed E-state index contributed by atoms with van der Waals surface area (Å²) < 4.78 is 28.8. The molecule has 2 fully saturated rings. The second-order valence-corrected chi connectivity index (χ2v) is 14.7. The van der Waals surface area contributed by atoms with Crippen LogP contribution in [0, 0.1) is 5.92 Å². The summed E-state index contributed by atoms with van der Waals surface area (Å²) in [5, 5.41) is 3.58. The van der Waals surface area contributed by atoms with Gasteiger partial charge in [0.05, 0.1) is 41.2 Å². The summed E-state index contributed by atoms with van der Waals surface area (Å²) >= 11 is 0. The minimum Gasteiger partial charge on any atom is -0.495 e. The fourth-order valence-corrected chi connectivity index (χ4v) is 8.43. The van der Waals surface area contributed by atoms with Gasteiger partial charge in [0.25, 0.3) is 0 Å². The molecule has 1 N–H and O–H groups in total. The zero-order chi connectivity index (χ0) is 39.6. The molecule has 1 heterocycles. The molecule has 0 saturated heterocycles. The SMILES string of the molecule is C=Cc1cc(-c2cccc(CN(c3ccccc3OC)C3CCC(CC4=CC(c5cc(OC)c(OC)c(C6CC6)c5)=CNC4)CC3)c2)cc(OC)c1OC.CC. The normalized spacial score (nSPS) is 17.6. The average Bonchev–Trinajstić information content (AvgIpc) is 4.12. The topological polar surface area (TPSA) is 61.4 Å². The lowest BCUT2D eigenvalue weighted by molar-refractivity contribution is 0.309. The highest BCUT2D eigenvalue weighted by Crippen LogP contribution is 2.49. The molecule has 56 heavy (non-hydrogen) atoms. The first-order valence-electron chi connectivity index (χ1n) is 20.2. The molecule has 0 radical (unpaired) electrons. The molecule has 7 nitrogen and oxygen atoms in total. The predicted molar refractivity (Wildman–Crippen MR) is 232 cm³/mol. The number of dihydropyridines is 1. The number of benzene rings is 4. The number of ether oxygens (including phenoxy) is 5. The van der Waals surface area contributed by atoms with Crippen molar-refractivity contribution in [2.24, 2.45) is 5.92 Å². The summed E-state index contributed by atoms with van der Waals surface area (Å²) in [5.41, 5.74) is 10.6. The third-order valence-electron chi connectivity index (χ3n) is 11.3. The van der Waals surface area contributed by atoms with E-state index in [0.29, 0.717) is 29.4 Å². The fraction of sp³-hybridized carbons (Fsp3) is 0.388. The van der Waals surface area contributed by atoms with E-state index in [1.807, 2.05) is 26.0 Å². The number of para-hydroxylation sites is 2. The summed E-state index contributed by atoms with van der Waals surface area (Å²) in [5.74, 6) is 5.19. The van der Waals surface area contributed by atoms with Crippen molar-refractivity contribution >= 4 is 17.3 Å². The van der Waals surface area contributed by atoms with Crippen LogP contribution in [0.15, 0.2) is 97.2 Å². The monoisotopic (exact) mass is 756 g/mol. The van der Waals surface area contributed by atoms with E-state index in [2.05, 4.69) is 95.8 Å². The molecule has 1 aliphatic heterocycles. The number of nitrogens with zero attached hydrogens (tertiary/aromatic N) is 1. The largest absolute Gasteiger partial charge is 0.495 e. The number of anilines is 1. The van der Waals surface area contributed by atoms with Crippen molar-refractivity contribution in [3.63, 3.8) is 0 Å². The van der Waals surface area contributed by atoms with Crippen LogP contribution in [0.5, 0.6) is 28.7 Å². The third-order valence-corrected chi connectivity index (χ3v) is 11.3. The van der Waals surface area contributed by atoms with Crippen LogP contribution < -0.4 is 33.9 Å². The number of rotatable bonds is 15. The molecule has 296 valence electrons. The van der Waals surface area contributed by atoms with Gasteiger partial charge in [-0.05, 0) is 127 Å². The highest BCUT2D eigenvalue weighted by Gasteiger charge is 2.31. The quantitative estimate of drug-likeness (QED) is 0.130. The second-order valence-electron chi connectivity index (χ2n) is 14.7. The molecule has 3 aliphatic rings. The standard InChI is InChI=1S/C47H54N2O5.C2H6/c1-7-34-24-37(26-44(51-3)46(34)53-5)36-12-10-11-32(22-36)30-49(42-13-8-9-14-43(42)50-2)40-19-15-31(16-20-40)21-33-23-39(29-48-28-33)38-25-41(35-17-18-35)47(54-6)45(27-38)52-4;1-2/h7-14,22-27,29,31,35,40,48H,1,15-21,28,30H2,2-6H3;1-2H3. The van der Waals surface area contributed by atoms with Crippen LogP contribution in [0.1, 0.15) is 87.0 Å². The van der Waals surface area contributed by atoms with Gasteiger partial charge in [0.15, 0.2) is 23.0 Å². The van der Waals surface area contributed by atoms with Gasteiger partial charge in [-0.15, -0.1) is 0 Å². The maximum Gasteiger partial charge on any atom is 0.167 e. The lowest BCUT2D eigenvalue weighted by Crippen LogP contribution is -2.38. The van der Waals surface area contributed by atoms with Gasteiger partial charge >= 0.3 is 0 Å². The van der Waals surface area contributed by atoms with Crippen LogP contribution in [0.2, 0.25) is 0 Å². The molecule has 2 saturated carbocycles. The van der Waals surface area contributed by atoms with Gasteiger partial charge < -0.3 is 33.9 Å². The summed E-state index contributed by atoms with van der Waals surface area (Å²) in [6, 6.07) is 26.3. The van der Waals surface area contributed by atoms with Crippen LogP contribution >= 0.6 is 0 Å². The fourth-order valence-electron chi connectivity index (χ4n) is 8.43. The number of hydrogen-bond donors (Lipinski definition) is 1. The first kappa shape index (κ1) is 40.4. The molecule has 7 rings (SSSR count). The highest BCUT2D eigenvalue weighted by molar-refractivity contribution is 5.78. The first-order chi connectivity index (χ1) is 27.5. The lowest BCUT2D eigenvalue weighted by Gasteiger charge is -2.39. The van der Waals surface area contributed by atoms with E-state index in [-0.39, 0.29) is 0 Å². The van der Waals surface area contributed by atoms with Crippen molar-refractivity contribution in [2.75, 3.05) is 47.0 Å². The van der Waals surface area contributed by atoms with Crippen molar-refractivity contribution < 1.29 is 23.7 Å². The van der Waals surface area contributed by atoms with E-state index in [0.717, 1.165) is 72.0 Å². The van der Waals surface area contributed by atoms with E-state index < -0.39 is 0 Å². The number of methoxy groups -OCH3 is 5. The van der Waals surface area contributed by atoms with Crippen molar-refractivity contribution in [3.8, 4) is 39.9 Å². The maximum atomic E-state index is 5.93. The smallest absolute Gasteiger partial charge is 0.167 e. The number of nitrogens with one attached hydrogen (secondary N) is 1. The van der Waals surface area contributed by atoms with Crippen molar-refractivity contribution in [1.82, 2.24) is 5.32 Å². The van der Waals surface area contributed by atoms with Crippen LogP contribution in [0.4, 0.5) is 5.69 Å². The second kappa shape index (κ2) is 19.0. The van der Waals surface area contributed by atoms with E-state index in [9.17, 15) is 0 Å². The molecule has 2 aliphatic carbocycles. The minimum absolute atomic E-state index is 0.399. The molecule has 0 bridgehead atoms. The lowest BCUT2D eigenvalue weighted by atomic mass is 9.80. The Hall–Kier alpha value is -5.30. The van der Waals surface area contributed by atoms with Crippen LogP contribution in [0.25, 0.3) is 22.8 Å². The first-order valence-corrected chi connectivity index (χ1v) is 20.2.